The molecule has 2 aromatic rings. The second-order valence-electron chi connectivity index (χ2n) is 5.85. The Kier molecular flexibility index (Phi) is 6.50. The van der Waals surface area contributed by atoms with Crippen LogP contribution in [0.5, 0.6) is 0 Å². The quantitative estimate of drug-likeness (QED) is 0.809. The van der Waals surface area contributed by atoms with Crippen molar-refractivity contribution in [1.29, 1.82) is 5.26 Å². The average molecular weight is 371 g/mol. The minimum absolute atomic E-state index is 0.0866. The van der Waals surface area contributed by atoms with Crippen LogP contribution in [-0.2, 0) is 10.0 Å². The van der Waals surface area contributed by atoms with E-state index in [1.165, 1.54) is 23.5 Å². The molecule has 136 valence electrons. The van der Waals surface area contributed by atoms with Crippen molar-refractivity contribution in [3.63, 3.8) is 0 Å². The molecular weight excluding hydrogens is 350 g/mol. The van der Waals surface area contributed by atoms with E-state index in [1.54, 1.807) is 36.4 Å². The van der Waals surface area contributed by atoms with E-state index in [4.69, 9.17) is 5.26 Å². The normalized spacial score (nSPS) is 11.2. The number of nitriles is 1. The number of sulfonamides is 1. The van der Waals surface area contributed by atoms with E-state index in [9.17, 15) is 13.2 Å². The highest BCUT2D eigenvalue weighted by Crippen LogP contribution is 2.18. The predicted molar refractivity (Wildman–Crippen MR) is 100 cm³/mol. The minimum atomic E-state index is -3.63. The van der Waals surface area contributed by atoms with Crippen LogP contribution in [0.1, 0.15) is 35.7 Å². The van der Waals surface area contributed by atoms with Crippen LogP contribution in [0, 0.1) is 11.3 Å². The highest BCUT2D eigenvalue weighted by molar-refractivity contribution is 7.89. The summed E-state index contributed by atoms with van der Waals surface area (Å²) in [5.41, 5.74) is 1.27. The van der Waals surface area contributed by atoms with Crippen LogP contribution in [0.25, 0.3) is 0 Å². The summed E-state index contributed by atoms with van der Waals surface area (Å²) in [6.07, 6.45) is 1.67. The number of carbonyl (C=O) groups is 1. The molecule has 2 aromatic carbocycles. The second-order valence-corrected chi connectivity index (χ2v) is 7.90. The number of nitrogens with one attached hydrogen (secondary N) is 1. The van der Waals surface area contributed by atoms with Gasteiger partial charge in [-0.1, -0.05) is 19.4 Å². The number of amides is 1. The molecule has 0 saturated heterocycles. The maximum Gasteiger partial charge on any atom is 0.255 e. The van der Waals surface area contributed by atoms with Gasteiger partial charge >= 0.3 is 0 Å². The van der Waals surface area contributed by atoms with Gasteiger partial charge in [-0.15, -0.1) is 0 Å². The highest BCUT2D eigenvalue weighted by atomic mass is 32.2. The van der Waals surface area contributed by atoms with Crippen LogP contribution < -0.4 is 5.32 Å². The Morgan fingerprint density at radius 3 is 2.50 bits per heavy atom. The van der Waals surface area contributed by atoms with Gasteiger partial charge in [-0.25, -0.2) is 12.7 Å². The number of hydrogen-bond acceptors (Lipinski definition) is 4. The van der Waals surface area contributed by atoms with Crippen molar-refractivity contribution in [1.82, 2.24) is 4.31 Å². The van der Waals surface area contributed by atoms with Crippen molar-refractivity contribution in [3.05, 3.63) is 59.7 Å². The molecule has 0 aromatic heterocycles. The van der Waals surface area contributed by atoms with Crippen molar-refractivity contribution in [2.75, 3.05) is 18.9 Å². The zero-order valence-electron chi connectivity index (χ0n) is 14.8. The fourth-order valence-corrected chi connectivity index (χ4v) is 3.57. The monoisotopic (exact) mass is 371 g/mol. The van der Waals surface area contributed by atoms with E-state index >= 15 is 0 Å². The van der Waals surface area contributed by atoms with Crippen molar-refractivity contribution in [2.45, 2.75) is 24.7 Å². The molecule has 0 unspecified atom stereocenters. The SMILES string of the molecule is CCCCN(C)S(=O)(=O)c1cccc(C(=O)Nc2ccc(C#N)cc2)c1. The van der Waals surface area contributed by atoms with Gasteiger partial charge in [0.05, 0.1) is 16.5 Å². The summed E-state index contributed by atoms with van der Waals surface area (Å²) in [7, 11) is -2.10. The average Bonchev–Trinajstić information content (AvgIpc) is 2.66. The number of rotatable bonds is 7. The molecule has 0 radical (unpaired) electrons. The molecule has 7 heteroatoms. The topological polar surface area (TPSA) is 90.3 Å². The molecule has 0 aliphatic rings. The third kappa shape index (κ3) is 4.69. The lowest BCUT2D eigenvalue weighted by molar-refractivity contribution is 0.102. The molecular formula is C19H21N3O3S. The molecule has 0 bridgehead atoms. The first-order chi connectivity index (χ1) is 12.4. The molecule has 0 aliphatic carbocycles. The van der Waals surface area contributed by atoms with Crippen LogP contribution in [0.2, 0.25) is 0 Å². The summed E-state index contributed by atoms with van der Waals surface area (Å²) < 4.78 is 26.5. The van der Waals surface area contributed by atoms with Crippen molar-refractivity contribution in [3.8, 4) is 6.07 Å². The van der Waals surface area contributed by atoms with E-state index in [0.29, 0.717) is 17.8 Å². The zero-order chi connectivity index (χ0) is 19.2. The van der Waals surface area contributed by atoms with Crippen LogP contribution in [0.3, 0.4) is 0 Å². The summed E-state index contributed by atoms with van der Waals surface area (Å²) in [4.78, 5) is 12.5. The lowest BCUT2D eigenvalue weighted by atomic mass is 10.2. The summed E-state index contributed by atoms with van der Waals surface area (Å²) >= 11 is 0. The largest absolute Gasteiger partial charge is 0.322 e. The molecule has 1 N–H and O–H groups in total. The number of nitrogens with zero attached hydrogens (tertiary/aromatic N) is 2. The molecule has 0 atom stereocenters. The molecule has 0 aliphatic heterocycles. The van der Waals surface area contributed by atoms with Crippen LogP contribution >= 0.6 is 0 Å². The van der Waals surface area contributed by atoms with E-state index in [1.807, 2.05) is 13.0 Å². The van der Waals surface area contributed by atoms with Gasteiger partial charge in [-0.05, 0) is 48.9 Å². The molecule has 26 heavy (non-hydrogen) atoms. The van der Waals surface area contributed by atoms with Gasteiger partial charge in [0.1, 0.15) is 0 Å². The molecule has 6 nitrogen and oxygen atoms in total. The van der Waals surface area contributed by atoms with Crippen molar-refractivity contribution >= 4 is 21.6 Å². The number of anilines is 1. The van der Waals surface area contributed by atoms with Gasteiger partial charge in [-0.2, -0.15) is 5.26 Å². The number of hydrogen-bond donors (Lipinski definition) is 1. The Balaban J connectivity index is 2.19. The van der Waals surface area contributed by atoms with Gasteiger partial charge in [0.15, 0.2) is 0 Å². The van der Waals surface area contributed by atoms with Gasteiger partial charge in [0.25, 0.3) is 5.91 Å². The van der Waals surface area contributed by atoms with Crippen molar-refractivity contribution in [2.24, 2.45) is 0 Å². The Labute approximate surface area is 154 Å². The summed E-state index contributed by atoms with van der Waals surface area (Å²) in [6, 6.07) is 14.4. The molecule has 0 heterocycles. The van der Waals surface area contributed by atoms with Crippen LogP contribution in [-0.4, -0.2) is 32.2 Å². The fraction of sp³-hybridized carbons (Fsp3) is 0.263. The van der Waals surface area contributed by atoms with Crippen molar-refractivity contribution < 1.29 is 13.2 Å². The number of unbranched alkanes of at least 4 members (excludes halogenated alkanes) is 1. The Hall–Kier alpha value is -2.69. The number of carbonyl (C=O) groups excluding carboxylic acids is 1. The third-order valence-corrected chi connectivity index (χ3v) is 5.76. The maximum absolute atomic E-state index is 12.6. The lowest BCUT2D eigenvalue weighted by Gasteiger charge is -2.17. The first kappa shape index (κ1) is 19.6. The third-order valence-electron chi connectivity index (χ3n) is 3.90. The molecule has 0 fully saturated rings. The van der Waals surface area contributed by atoms with Gasteiger partial charge in [0, 0.05) is 24.8 Å². The molecule has 1 amide bonds. The Morgan fingerprint density at radius 1 is 1.19 bits per heavy atom. The summed E-state index contributed by atoms with van der Waals surface area (Å²) in [5, 5.41) is 11.5. The summed E-state index contributed by atoms with van der Waals surface area (Å²) in [5.74, 6) is -0.414. The molecule has 0 saturated carbocycles. The van der Waals surface area contributed by atoms with E-state index in [-0.39, 0.29) is 10.5 Å². The summed E-state index contributed by atoms with van der Waals surface area (Å²) in [6.45, 7) is 2.43. The van der Waals surface area contributed by atoms with E-state index < -0.39 is 15.9 Å². The smallest absolute Gasteiger partial charge is 0.255 e. The first-order valence-electron chi connectivity index (χ1n) is 8.26. The first-order valence-corrected chi connectivity index (χ1v) is 9.70. The lowest BCUT2D eigenvalue weighted by Crippen LogP contribution is -2.28. The second kappa shape index (κ2) is 8.61. The molecule has 0 spiro atoms. The van der Waals surface area contributed by atoms with Gasteiger partial charge in [-0.3, -0.25) is 4.79 Å². The van der Waals surface area contributed by atoms with E-state index in [2.05, 4.69) is 5.32 Å². The molecule has 2 rings (SSSR count). The minimum Gasteiger partial charge on any atom is -0.322 e. The standard InChI is InChI=1S/C19H21N3O3S/c1-3-4-12-22(2)26(24,25)18-7-5-6-16(13-18)19(23)21-17-10-8-15(14-20)9-11-17/h5-11,13H,3-4,12H2,1-2H3,(H,21,23). The highest BCUT2D eigenvalue weighted by Gasteiger charge is 2.21. The van der Waals surface area contributed by atoms with Crippen LogP contribution in [0.4, 0.5) is 5.69 Å². The van der Waals surface area contributed by atoms with E-state index in [0.717, 1.165) is 12.8 Å². The number of benzene rings is 2. The fourth-order valence-electron chi connectivity index (χ4n) is 2.31. The Bertz CT molecular complexity index is 916. The zero-order valence-corrected chi connectivity index (χ0v) is 15.6. The maximum atomic E-state index is 12.6. The van der Waals surface area contributed by atoms with Gasteiger partial charge < -0.3 is 5.32 Å². The van der Waals surface area contributed by atoms with Gasteiger partial charge in [0.2, 0.25) is 10.0 Å². The predicted octanol–water partition coefficient (Wildman–Crippen LogP) is 3.23. The Morgan fingerprint density at radius 2 is 1.88 bits per heavy atom. The van der Waals surface area contributed by atoms with Crippen LogP contribution in [0.15, 0.2) is 53.4 Å².